The summed E-state index contributed by atoms with van der Waals surface area (Å²) in [6.45, 7) is 12.2. The highest BCUT2D eigenvalue weighted by molar-refractivity contribution is 6.29. The van der Waals surface area contributed by atoms with Gasteiger partial charge in [-0.2, -0.15) is 0 Å². The fourth-order valence-electron chi connectivity index (χ4n) is 4.56. The summed E-state index contributed by atoms with van der Waals surface area (Å²) in [4.78, 5) is 25.2. The van der Waals surface area contributed by atoms with E-state index in [0.29, 0.717) is 47.4 Å². The van der Waals surface area contributed by atoms with Crippen LogP contribution in [0.25, 0.3) is 22.5 Å². The predicted octanol–water partition coefficient (Wildman–Crippen LogP) is 6.36. The normalized spacial score (nSPS) is 15.4. The van der Waals surface area contributed by atoms with Crippen LogP contribution in [0.15, 0.2) is 76.3 Å². The van der Waals surface area contributed by atoms with Gasteiger partial charge < -0.3 is 19.3 Å². The first-order valence-corrected chi connectivity index (χ1v) is 13.1. The second-order valence-corrected chi connectivity index (χ2v) is 9.97. The van der Waals surface area contributed by atoms with Crippen molar-refractivity contribution in [2.75, 3.05) is 25.0 Å². The van der Waals surface area contributed by atoms with Crippen LogP contribution < -0.4 is 10.6 Å². The van der Waals surface area contributed by atoms with Crippen LogP contribution in [0.4, 0.5) is 10.5 Å². The number of benzene rings is 2. The summed E-state index contributed by atoms with van der Waals surface area (Å²) in [5, 5.41) is 10.5. The lowest BCUT2D eigenvalue weighted by atomic mass is 9.75. The first-order chi connectivity index (χ1) is 18.7. The Kier molecular flexibility index (Phi) is 8.57. The van der Waals surface area contributed by atoms with Crippen molar-refractivity contribution in [1.82, 2.24) is 10.5 Å². The highest BCUT2D eigenvalue weighted by atomic mass is 35.5. The number of carbonyl (C=O) groups is 2. The minimum Gasteiger partial charge on any atom is -0.465 e. The maximum absolute atomic E-state index is 12.6. The number of anilines is 1. The van der Waals surface area contributed by atoms with E-state index < -0.39 is 17.6 Å². The molecule has 1 saturated heterocycles. The van der Waals surface area contributed by atoms with Gasteiger partial charge in [0.15, 0.2) is 5.76 Å². The van der Waals surface area contributed by atoms with Crippen LogP contribution in [0.5, 0.6) is 0 Å². The Morgan fingerprint density at radius 2 is 1.74 bits per heavy atom. The lowest BCUT2D eigenvalue weighted by Crippen LogP contribution is -2.62. The maximum Gasteiger partial charge on any atom is 0.412 e. The number of aryl methyl sites for hydroxylation is 1. The number of nitrogens with one attached hydrogen (secondary N) is 2. The van der Waals surface area contributed by atoms with Gasteiger partial charge in [-0.15, -0.1) is 0 Å². The molecular weight excluding hydrogens is 518 g/mol. The van der Waals surface area contributed by atoms with Crippen LogP contribution in [0.1, 0.15) is 32.0 Å². The molecule has 39 heavy (non-hydrogen) atoms. The quantitative estimate of drug-likeness (QED) is 0.236. The maximum atomic E-state index is 12.6. The minimum atomic E-state index is -0.661. The molecule has 0 aliphatic carbocycles. The van der Waals surface area contributed by atoms with Gasteiger partial charge >= 0.3 is 12.1 Å². The molecule has 2 heterocycles. The molecule has 2 aromatic carbocycles. The molecule has 1 aliphatic rings. The zero-order valence-electron chi connectivity index (χ0n) is 22.5. The Bertz CT molecular complexity index is 1380. The number of esters is 1. The van der Waals surface area contributed by atoms with Crippen LogP contribution in [0.3, 0.4) is 0 Å². The van der Waals surface area contributed by atoms with Gasteiger partial charge in [0.25, 0.3) is 0 Å². The molecule has 204 valence electrons. The molecule has 8 nitrogen and oxygen atoms in total. The summed E-state index contributed by atoms with van der Waals surface area (Å²) in [5.41, 5.74) is 4.60. The fourth-order valence-corrected chi connectivity index (χ4v) is 4.79. The van der Waals surface area contributed by atoms with Gasteiger partial charge in [-0.25, -0.2) is 4.79 Å². The van der Waals surface area contributed by atoms with E-state index in [1.807, 2.05) is 55.5 Å². The van der Waals surface area contributed by atoms with E-state index in [2.05, 4.69) is 22.4 Å². The van der Waals surface area contributed by atoms with Crippen molar-refractivity contribution in [2.24, 2.45) is 0 Å². The molecule has 0 bridgehead atoms. The molecule has 1 fully saturated rings. The number of aromatic nitrogens is 1. The summed E-state index contributed by atoms with van der Waals surface area (Å²) in [7, 11) is 0. The summed E-state index contributed by atoms with van der Waals surface area (Å²) in [6.07, 6.45) is 0.322. The van der Waals surface area contributed by atoms with E-state index in [1.165, 1.54) is 0 Å². The standard InChI is InChI=1S/C30H32ClN3O5/c1-6-25(18(3)31)20(5)38-29(36)33-26-19(4)34-39-27(26)23-10-8-21(9-11-23)22-12-14-24(15-13-22)30(16-32-17-30)28(35)37-7-2/h6,8-15,20,32H,1,7,16-17H2,2-5H3,(H,33,36)/b25-18-/t20-/m1/s1. The second kappa shape index (κ2) is 11.9. The SMILES string of the molecule is C=C/C(=C(\C)Cl)[C@@H](C)OC(=O)Nc1c(C)noc1-c1ccc(-c2ccc(C3(C(=O)OCC)CNC3)cc2)cc1. The summed E-state index contributed by atoms with van der Waals surface area (Å²) < 4.78 is 16.3. The third kappa shape index (κ3) is 5.77. The van der Waals surface area contributed by atoms with Gasteiger partial charge in [0, 0.05) is 29.3 Å². The van der Waals surface area contributed by atoms with E-state index in [1.54, 1.807) is 26.8 Å². The Morgan fingerprint density at radius 3 is 2.26 bits per heavy atom. The average Bonchev–Trinajstić information content (AvgIpc) is 3.24. The molecule has 0 unspecified atom stereocenters. The van der Waals surface area contributed by atoms with Gasteiger partial charge in [-0.1, -0.05) is 77.9 Å². The monoisotopic (exact) mass is 549 g/mol. The summed E-state index contributed by atoms with van der Waals surface area (Å²) in [6, 6.07) is 15.7. The topological polar surface area (TPSA) is 103 Å². The van der Waals surface area contributed by atoms with Crippen LogP contribution >= 0.6 is 11.6 Å². The van der Waals surface area contributed by atoms with Gasteiger partial charge in [-0.05, 0) is 44.4 Å². The number of allylic oxidation sites excluding steroid dienone is 1. The smallest absolute Gasteiger partial charge is 0.412 e. The lowest BCUT2D eigenvalue weighted by Gasteiger charge is -2.40. The first kappa shape index (κ1) is 28.1. The number of amides is 1. The number of ether oxygens (including phenoxy) is 2. The third-order valence-corrected chi connectivity index (χ3v) is 7.09. The molecule has 0 saturated carbocycles. The zero-order chi connectivity index (χ0) is 28.2. The van der Waals surface area contributed by atoms with Crippen LogP contribution in [-0.4, -0.2) is 43.0 Å². The summed E-state index contributed by atoms with van der Waals surface area (Å²) in [5.74, 6) is 0.221. The van der Waals surface area contributed by atoms with E-state index in [-0.39, 0.29) is 5.97 Å². The molecule has 1 aliphatic heterocycles. The lowest BCUT2D eigenvalue weighted by molar-refractivity contribution is -0.152. The molecular formula is C30H32ClN3O5. The minimum absolute atomic E-state index is 0.197. The van der Waals surface area contributed by atoms with Crippen molar-refractivity contribution in [2.45, 2.75) is 39.2 Å². The van der Waals surface area contributed by atoms with E-state index in [9.17, 15) is 9.59 Å². The molecule has 1 amide bonds. The van der Waals surface area contributed by atoms with Crippen molar-refractivity contribution in [1.29, 1.82) is 0 Å². The molecule has 2 N–H and O–H groups in total. The highest BCUT2D eigenvalue weighted by Crippen LogP contribution is 2.35. The van der Waals surface area contributed by atoms with Crippen molar-refractivity contribution < 1.29 is 23.6 Å². The first-order valence-electron chi connectivity index (χ1n) is 12.7. The van der Waals surface area contributed by atoms with Crippen molar-refractivity contribution in [3.8, 4) is 22.5 Å². The fraction of sp³-hybridized carbons (Fsp3) is 0.300. The molecule has 3 aromatic rings. The number of hydrogen-bond acceptors (Lipinski definition) is 7. The van der Waals surface area contributed by atoms with Gasteiger partial charge in [0.05, 0.1) is 6.61 Å². The predicted molar refractivity (Wildman–Crippen MR) is 152 cm³/mol. The number of nitrogens with zero attached hydrogens (tertiary/aromatic N) is 1. The third-order valence-electron chi connectivity index (χ3n) is 6.87. The van der Waals surface area contributed by atoms with Crippen LogP contribution in [0.2, 0.25) is 0 Å². The van der Waals surface area contributed by atoms with Gasteiger partial charge in [-0.3, -0.25) is 10.1 Å². The molecule has 9 heteroatoms. The van der Waals surface area contributed by atoms with Crippen molar-refractivity contribution in [3.05, 3.63) is 83.0 Å². The highest BCUT2D eigenvalue weighted by Gasteiger charge is 2.47. The molecule has 0 spiro atoms. The number of carbonyl (C=O) groups excluding carboxylic acids is 2. The van der Waals surface area contributed by atoms with Crippen molar-refractivity contribution in [3.63, 3.8) is 0 Å². The van der Waals surface area contributed by atoms with E-state index >= 15 is 0 Å². The van der Waals surface area contributed by atoms with E-state index in [0.717, 1.165) is 22.3 Å². The Hall–Kier alpha value is -3.88. The Morgan fingerprint density at radius 1 is 1.15 bits per heavy atom. The van der Waals surface area contributed by atoms with Crippen LogP contribution in [0, 0.1) is 6.92 Å². The molecule has 1 atom stereocenters. The Balaban J connectivity index is 1.49. The Labute approximate surface area is 233 Å². The van der Waals surface area contributed by atoms with Gasteiger partial charge in [0.2, 0.25) is 0 Å². The second-order valence-electron chi connectivity index (χ2n) is 9.40. The number of hydrogen-bond donors (Lipinski definition) is 2. The largest absolute Gasteiger partial charge is 0.465 e. The molecule has 1 aromatic heterocycles. The number of halogens is 1. The van der Waals surface area contributed by atoms with Gasteiger partial charge in [0.1, 0.15) is 22.9 Å². The van der Waals surface area contributed by atoms with Crippen molar-refractivity contribution >= 4 is 29.4 Å². The number of rotatable bonds is 9. The summed E-state index contributed by atoms with van der Waals surface area (Å²) >= 11 is 6.06. The molecule has 4 rings (SSSR count). The van der Waals surface area contributed by atoms with Crippen LogP contribution in [-0.2, 0) is 19.7 Å². The average molecular weight is 550 g/mol. The zero-order valence-corrected chi connectivity index (χ0v) is 23.2. The molecule has 0 radical (unpaired) electrons. The van der Waals surface area contributed by atoms with E-state index in [4.69, 9.17) is 25.6 Å².